The average molecular weight is 553 g/mol. The maximum atomic E-state index is 12.9. The molecule has 0 bridgehead atoms. The van der Waals surface area contributed by atoms with Crippen LogP contribution in [0, 0.1) is 6.92 Å². The van der Waals surface area contributed by atoms with Gasteiger partial charge in [0.25, 0.3) is 5.91 Å². The highest BCUT2D eigenvalue weighted by molar-refractivity contribution is 5.99. The molecule has 2 fully saturated rings. The Balaban J connectivity index is 1.25. The smallest absolute Gasteiger partial charge is 0.253 e. The summed E-state index contributed by atoms with van der Waals surface area (Å²) in [4.78, 5) is 32.2. The molecule has 1 aliphatic heterocycles. The molecule has 1 aliphatic carbocycles. The summed E-state index contributed by atoms with van der Waals surface area (Å²) in [5.41, 5.74) is 5.35. The summed E-state index contributed by atoms with van der Waals surface area (Å²) < 4.78 is 18.0. The van der Waals surface area contributed by atoms with E-state index in [1.165, 1.54) is 0 Å². The van der Waals surface area contributed by atoms with Gasteiger partial charge in [-0.15, -0.1) is 0 Å². The first-order chi connectivity index (χ1) is 20.1. The number of aryl methyl sites for hydroxylation is 1. The van der Waals surface area contributed by atoms with Crippen molar-refractivity contribution in [3.63, 3.8) is 0 Å². The molecule has 2 N–H and O–H groups in total. The fraction of sp³-hybridized carbons (Fsp3) is 0.355. The summed E-state index contributed by atoms with van der Waals surface area (Å²) in [6.07, 6.45) is 8.40. The van der Waals surface area contributed by atoms with Gasteiger partial charge in [-0.25, -0.2) is 4.98 Å². The van der Waals surface area contributed by atoms with Crippen LogP contribution in [0.3, 0.4) is 0 Å². The van der Waals surface area contributed by atoms with E-state index in [0.29, 0.717) is 40.4 Å². The largest absolute Gasteiger partial charge is 0.495 e. The van der Waals surface area contributed by atoms with Crippen molar-refractivity contribution >= 4 is 39.7 Å². The lowest BCUT2D eigenvalue weighted by Crippen LogP contribution is -2.27. The van der Waals surface area contributed by atoms with E-state index in [9.17, 15) is 4.79 Å². The van der Waals surface area contributed by atoms with Crippen LogP contribution >= 0.6 is 0 Å². The maximum absolute atomic E-state index is 12.9. The summed E-state index contributed by atoms with van der Waals surface area (Å²) in [5.74, 6) is 2.09. The number of carbonyl (C=O) groups excluding carboxylic acids is 1. The van der Waals surface area contributed by atoms with E-state index in [-0.39, 0.29) is 12.0 Å². The second kappa shape index (κ2) is 10.4. The molecule has 2 aromatic carbocycles. The molecule has 5 aromatic rings. The van der Waals surface area contributed by atoms with E-state index in [4.69, 9.17) is 23.9 Å². The number of hydrogen-bond donors (Lipinski definition) is 2. The monoisotopic (exact) mass is 552 g/mol. The lowest BCUT2D eigenvalue weighted by atomic mass is 10.1. The number of amides is 1. The molecule has 7 rings (SSSR count). The first-order valence-electron chi connectivity index (χ1n) is 14.2. The van der Waals surface area contributed by atoms with Crippen molar-refractivity contribution in [3.05, 3.63) is 54.0 Å². The number of benzene rings is 2. The Morgan fingerprint density at radius 3 is 2.68 bits per heavy atom. The molecule has 1 saturated carbocycles. The maximum Gasteiger partial charge on any atom is 0.253 e. The number of H-pyrrole nitrogens is 1. The lowest BCUT2D eigenvalue weighted by molar-refractivity contribution is 0.0792. The van der Waals surface area contributed by atoms with Crippen molar-refractivity contribution in [2.24, 2.45) is 0 Å². The zero-order chi connectivity index (χ0) is 27.9. The zero-order valence-corrected chi connectivity index (χ0v) is 23.2. The van der Waals surface area contributed by atoms with E-state index in [0.717, 1.165) is 79.2 Å². The molecular weight excluding hydrogens is 520 g/mol. The summed E-state index contributed by atoms with van der Waals surface area (Å²) in [6, 6.07) is 11.4. The number of anilines is 2. The van der Waals surface area contributed by atoms with Gasteiger partial charge in [-0.3, -0.25) is 4.79 Å². The summed E-state index contributed by atoms with van der Waals surface area (Å²) in [5, 5.41) is 4.11. The molecule has 0 spiro atoms. The van der Waals surface area contributed by atoms with Crippen molar-refractivity contribution in [2.45, 2.75) is 51.6 Å². The highest BCUT2D eigenvalue weighted by Gasteiger charge is 2.24. The van der Waals surface area contributed by atoms with E-state index in [1.54, 1.807) is 13.2 Å². The number of aromatic nitrogens is 4. The quantitative estimate of drug-likeness (QED) is 0.239. The number of hydrogen-bond acceptors (Lipinski definition) is 8. The van der Waals surface area contributed by atoms with Gasteiger partial charge in [-0.05, 0) is 74.4 Å². The standard InChI is InChI=1S/C31H32N6O4/c1-18-33-24-11-9-19(15-26(24)40-18)22-17-32-28-27(22)29(41-21-7-3-4-8-21)36-31(35-28)34-23-12-10-20(16-25(23)39-2)30(38)37-13-5-6-14-37/h9-12,15-17,21H,3-8,13-14H2,1-2H3,(H2,32,34,35,36). The number of carbonyl (C=O) groups is 1. The third-order valence-corrected chi connectivity index (χ3v) is 7.97. The van der Waals surface area contributed by atoms with Gasteiger partial charge in [0, 0.05) is 37.3 Å². The van der Waals surface area contributed by atoms with Crippen molar-refractivity contribution in [1.29, 1.82) is 0 Å². The van der Waals surface area contributed by atoms with Crippen LogP contribution in [0.1, 0.15) is 54.8 Å². The number of fused-ring (bicyclic) bond motifs is 2. The molecule has 4 heterocycles. The first-order valence-corrected chi connectivity index (χ1v) is 14.2. The number of oxazole rings is 1. The fourth-order valence-electron chi connectivity index (χ4n) is 5.89. The van der Waals surface area contributed by atoms with Crippen LogP contribution in [0.5, 0.6) is 11.6 Å². The minimum absolute atomic E-state index is 0.0230. The predicted molar refractivity (Wildman–Crippen MR) is 156 cm³/mol. The molecule has 10 nitrogen and oxygen atoms in total. The van der Waals surface area contributed by atoms with Crippen LogP contribution in [0.15, 0.2) is 47.0 Å². The molecule has 0 unspecified atom stereocenters. The Labute approximate surface area is 237 Å². The van der Waals surface area contributed by atoms with Gasteiger partial charge >= 0.3 is 0 Å². The van der Waals surface area contributed by atoms with Gasteiger partial charge in [0.2, 0.25) is 11.8 Å². The van der Waals surface area contributed by atoms with Crippen molar-refractivity contribution in [2.75, 3.05) is 25.5 Å². The number of nitrogens with one attached hydrogen (secondary N) is 2. The van der Waals surface area contributed by atoms with Crippen LogP contribution < -0.4 is 14.8 Å². The molecule has 0 atom stereocenters. The average Bonchev–Trinajstić information content (AvgIpc) is 3.79. The highest BCUT2D eigenvalue weighted by Crippen LogP contribution is 2.38. The SMILES string of the molecule is COc1cc(C(=O)N2CCCC2)ccc1Nc1nc(OC2CCCC2)c2c(-c3ccc4nc(C)oc4c3)c[nH]c2n1. The molecule has 1 amide bonds. The van der Waals surface area contributed by atoms with Crippen molar-refractivity contribution in [1.82, 2.24) is 24.8 Å². The van der Waals surface area contributed by atoms with Gasteiger partial charge in [0.1, 0.15) is 23.0 Å². The lowest BCUT2D eigenvalue weighted by Gasteiger charge is -2.18. The Kier molecular flexibility index (Phi) is 6.45. The minimum atomic E-state index is 0.0230. The molecular formula is C31H32N6O4. The van der Waals surface area contributed by atoms with Crippen LogP contribution in [-0.4, -0.2) is 57.0 Å². The molecule has 10 heteroatoms. The van der Waals surface area contributed by atoms with Crippen LogP contribution in [0.25, 0.3) is 33.3 Å². The molecule has 41 heavy (non-hydrogen) atoms. The second-order valence-corrected chi connectivity index (χ2v) is 10.8. The Morgan fingerprint density at radius 2 is 1.88 bits per heavy atom. The zero-order valence-electron chi connectivity index (χ0n) is 23.2. The van der Waals surface area contributed by atoms with Gasteiger partial charge < -0.3 is 29.1 Å². The Hall–Kier alpha value is -4.60. The van der Waals surface area contributed by atoms with Crippen molar-refractivity contribution < 1.29 is 18.7 Å². The first kappa shape index (κ1) is 25.4. The van der Waals surface area contributed by atoms with Gasteiger partial charge in [0.15, 0.2) is 11.5 Å². The normalized spacial score (nSPS) is 15.7. The van der Waals surface area contributed by atoms with E-state index < -0.39 is 0 Å². The number of ether oxygens (including phenoxy) is 2. The fourth-order valence-corrected chi connectivity index (χ4v) is 5.89. The number of likely N-dealkylation sites (tertiary alicyclic amines) is 1. The molecule has 3 aromatic heterocycles. The van der Waals surface area contributed by atoms with E-state index in [1.807, 2.05) is 48.4 Å². The van der Waals surface area contributed by atoms with Crippen LogP contribution in [-0.2, 0) is 0 Å². The van der Waals surface area contributed by atoms with Crippen molar-refractivity contribution in [3.8, 4) is 22.8 Å². The Morgan fingerprint density at radius 1 is 1.05 bits per heavy atom. The molecule has 2 aliphatic rings. The molecule has 0 radical (unpaired) electrons. The Bertz CT molecular complexity index is 1750. The topological polar surface area (TPSA) is 118 Å². The number of rotatable bonds is 7. The number of aromatic amines is 1. The number of nitrogens with zero attached hydrogens (tertiary/aromatic N) is 4. The van der Waals surface area contributed by atoms with E-state index >= 15 is 0 Å². The van der Waals surface area contributed by atoms with Gasteiger partial charge in [-0.1, -0.05) is 6.07 Å². The minimum Gasteiger partial charge on any atom is -0.495 e. The number of methoxy groups -OCH3 is 1. The highest BCUT2D eigenvalue weighted by atomic mass is 16.5. The summed E-state index contributed by atoms with van der Waals surface area (Å²) in [6.45, 7) is 3.43. The summed E-state index contributed by atoms with van der Waals surface area (Å²) in [7, 11) is 1.59. The summed E-state index contributed by atoms with van der Waals surface area (Å²) >= 11 is 0. The molecule has 1 saturated heterocycles. The van der Waals surface area contributed by atoms with Gasteiger partial charge in [-0.2, -0.15) is 9.97 Å². The second-order valence-electron chi connectivity index (χ2n) is 10.8. The van der Waals surface area contributed by atoms with Crippen LogP contribution in [0.2, 0.25) is 0 Å². The van der Waals surface area contributed by atoms with Crippen LogP contribution in [0.4, 0.5) is 11.6 Å². The predicted octanol–water partition coefficient (Wildman–Crippen LogP) is 6.38. The third-order valence-electron chi connectivity index (χ3n) is 7.97. The van der Waals surface area contributed by atoms with Gasteiger partial charge in [0.05, 0.1) is 18.2 Å². The molecule has 210 valence electrons. The van der Waals surface area contributed by atoms with E-state index in [2.05, 4.69) is 15.3 Å². The third kappa shape index (κ3) is 4.83.